The van der Waals surface area contributed by atoms with E-state index in [-0.39, 0.29) is 6.04 Å². The second kappa shape index (κ2) is 3.34. The van der Waals surface area contributed by atoms with E-state index in [2.05, 4.69) is 40.8 Å². The number of rotatable bonds is 0. The number of halogens is 1. The van der Waals surface area contributed by atoms with Gasteiger partial charge in [-0.25, -0.2) is 0 Å². The fourth-order valence-electron chi connectivity index (χ4n) is 1.82. The lowest BCUT2D eigenvalue weighted by atomic mass is 9.88. The van der Waals surface area contributed by atoms with Crippen LogP contribution in [0.25, 0.3) is 0 Å². The fourth-order valence-corrected chi connectivity index (χ4v) is 2.38. The maximum absolute atomic E-state index is 5.99. The fraction of sp³-hybridized carbons (Fsp3) is 0.400. The average molecular weight is 273 g/mol. The molecule has 0 spiro atoms. The van der Waals surface area contributed by atoms with Gasteiger partial charge in [0.1, 0.15) is 0 Å². The third kappa shape index (κ3) is 1.50. The Balaban J connectivity index is 2.46. The molecule has 0 aliphatic heterocycles. The second-order valence-corrected chi connectivity index (χ2v) is 4.59. The Labute approximate surface area is 86.5 Å². The molecule has 0 saturated carbocycles. The van der Waals surface area contributed by atoms with Crippen molar-refractivity contribution in [1.82, 2.24) is 0 Å². The van der Waals surface area contributed by atoms with Crippen molar-refractivity contribution in [3.05, 3.63) is 32.9 Å². The van der Waals surface area contributed by atoms with Gasteiger partial charge in [0.2, 0.25) is 0 Å². The van der Waals surface area contributed by atoms with E-state index in [4.69, 9.17) is 5.73 Å². The summed E-state index contributed by atoms with van der Waals surface area (Å²) in [5, 5.41) is 0. The molecule has 12 heavy (non-hydrogen) atoms. The van der Waals surface area contributed by atoms with Crippen molar-refractivity contribution in [1.29, 1.82) is 0 Å². The van der Waals surface area contributed by atoms with Crippen LogP contribution in [0.4, 0.5) is 0 Å². The lowest BCUT2D eigenvalue weighted by Gasteiger charge is -2.21. The Morgan fingerprint density at radius 2 is 2.25 bits per heavy atom. The number of benzene rings is 1. The largest absolute Gasteiger partial charge is 0.324 e. The van der Waals surface area contributed by atoms with Crippen molar-refractivity contribution in [2.24, 2.45) is 5.73 Å². The summed E-state index contributed by atoms with van der Waals surface area (Å²) in [7, 11) is 0. The van der Waals surface area contributed by atoms with E-state index in [0.29, 0.717) is 0 Å². The smallest absolute Gasteiger partial charge is 0.0297 e. The summed E-state index contributed by atoms with van der Waals surface area (Å²) in [6.45, 7) is 0. The molecule has 64 valence electrons. The van der Waals surface area contributed by atoms with Crippen molar-refractivity contribution in [2.45, 2.75) is 25.3 Å². The van der Waals surface area contributed by atoms with Gasteiger partial charge >= 0.3 is 0 Å². The summed E-state index contributed by atoms with van der Waals surface area (Å²) in [6, 6.07) is 6.87. The molecule has 0 radical (unpaired) electrons. The number of aryl methyl sites for hydroxylation is 1. The van der Waals surface area contributed by atoms with Crippen LogP contribution in [-0.4, -0.2) is 0 Å². The van der Waals surface area contributed by atoms with Gasteiger partial charge in [0.25, 0.3) is 0 Å². The molecule has 1 unspecified atom stereocenters. The third-order valence-electron chi connectivity index (χ3n) is 2.47. The predicted molar refractivity (Wildman–Crippen MR) is 59.0 cm³/mol. The maximum Gasteiger partial charge on any atom is 0.0297 e. The molecule has 0 amide bonds. The molecule has 0 aromatic heterocycles. The van der Waals surface area contributed by atoms with Crippen LogP contribution in [0.3, 0.4) is 0 Å². The van der Waals surface area contributed by atoms with E-state index in [1.54, 1.807) is 0 Å². The summed E-state index contributed by atoms with van der Waals surface area (Å²) < 4.78 is 1.32. The van der Waals surface area contributed by atoms with Crippen molar-refractivity contribution in [3.63, 3.8) is 0 Å². The van der Waals surface area contributed by atoms with E-state index in [9.17, 15) is 0 Å². The van der Waals surface area contributed by atoms with Crippen molar-refractivity contribution in [3.8, 4) is 0 Å². The Morgan fingerprint density at radius 3 is 3.08 bits per heavy atom. The lowest BCUT2D eigenvalue weighted by Crippen LogP contribution is -2.17. The molecule has 2 heteroatoms. The zero-order chi connectivity index (χ0) is 8.55. The summed E-state index contributed by atoms with van der Waals surface area (Å²) in [4.78, 5) is 0. The van der Waals surface area contributed by atoms with Crippen LogP contribution in [0.2, 0.25) is 0 Å². The quantitative estimate of drug-likeness (QED) is 0.722. The van der Waals surface area contributed by atoms with E-state index < -0.39 is 0 Å². The van der Waals surface area contributed by atoms with E-state index in [1.165, 1.54) is 27.5 Å². The molecule has 2 rings (SSSR count). The standard InChI is InChI=1S/C10H12IN/c11-8-4-5-9-7(6-8)2-1-3-10(9)12/h4-6,10H,1-3,12H2. The topological polar surface area (TPSA) is 26.0 Å². The van der Waals surface area contributed by atoms with Crippen molar-refractivity contribution < 1.29 is 0 Å². The van der Waals surface area contributed by atoms with Gasteiger partial charge in [0.05, 0.1) is 0 Å². The summed E-state index contributed by atoms with van der Waals surface area (Å²) in [5.74, 6) is 0. The first-order chi connectivity index (χ1) is 5.77. The molecule has 2 N–H and O–H groups in total. The molecule has 0 fully saturated rings. The van der Waals surface area contributed by atoms with Crippen LogP contribution < -0.4 is 5.73 Å². The SMILES string of the molecule is NC1CCCc2cc(I)ccc21. The van der Waals surface area contributed by atoms with Crippen molar-refractivity contribution in [2.75, 3.05) is 0 Å². The molecule has 1 nitrogen and oxygen atoms in total. The molecule has 0 saturated heterocycles. The molecule has 0 bridgehead atoms. The van der Waals surface area contributed by atoms with Gasteiger partial charge in [-0.15, -0.1) is 0 Å². The highest BCUT2D eigenvalue weighted by atomic mass is 127. The third-order valence-corrected chi connectivity index (χ3v) is 3.14. The van der Waals surface area contributed by atoms with Crippen LogP contribution in [0.5, 0.6) is 0 Å². The van der Waals surface area contributed by atoms with Gasteiger partial charge in [-0.3, -0.25) is 0 Å². The summed E-state index contributed by atoms with van der Waals surface area (Å²) >= 11 is 2.35. The zero-order valence-electron chi connectivity index (χ0n) is 6.89. The van der Waals surface area contributed by atoms with Crippen LogP contribution in [0, 0.1) is 3.57 Å². The van der Waals surface area contributed by atoms with Crippen LogP contribution in [0.15, 0.2) is 18.2 Å². The number of nitrogens with two attached hydrogens (primary N) is 1. The van der Waals surface area contributed by atoms with Gasteiger partial charge < -0.3 is 5.73 Å². The van der Waals surface area contributed by atoms with Crippen LogP contribution >= 0.6 is 22.6 Å². The van der Waals surface area contributed by atoms with E-state index in [0.717, 1.165) is 6.42 Å². The molecule has 1 atom stereocenters. The second-order valence-electron chi connectivity index (χ2n) is 3.34. The molecular weight excluding hydrogens is 261 g/mol. The summed E-state index contributed by atoms with van der Waals surface area (Å²) in [5.41, 5.74) is 8.82. The molecule has 1 aromatic carbocycles. The highest BCUT2D eigenvalue weighted by molar-refractivity contribution is 14.1. The lowest BCUT2D eigenvalue weighted by molar-refractivity contribution is 0.570. The Bertz CT molecular complexity index is 296. The van der Waals surface area contributed by atoms with Crippen LogP contribution in [0.1, 0.15) is 30.0 Å². The predicted octanol–water partition coefficient (Wildman–Crippen LogP) is 2.63. The molecule has 1 aliphatic carbocycles. The molecule has 0 heterocycles. The van der Waals surface area contributed by atoms with Gasteiger partial charge in [-0.2, -0.15) is 0 Å². The monoisotopic (exact) mass is 273 g/mol. The highest BCUT2D eigenvalue weighted by Gasteiger charge is 2.15. The molecule has 1 aliphatic rings. The Kier molecular flexibility index (Phi) is 2.37. The Morgan fingerprint density at radius 1 is 1.42 bits per heavy atom. The Hall–Kier alpha value is -0.0900. The minimum atomic E-state index is 0.283. The van der Waals surface area contributed by atoms with Gasteiger partial charge in [-0.05, 0) is 65.1 Å². The van der Waals surface area contributed by atoms with E-state index >= 15 is 0 Å². The summed E-state index contributed by atoms with van der Waals surface area (Å²) in [6.07, 6.45) is 3.60. The van der Waals surface area contributed by atoms with Gasteiger partial charge in [0.15, 0.2) is 0 Å². The highest BCUT2D eigenvalue weighted by Crippen LogP contribution is 2.28. The first-order valence-electron chi connectivity index (χ1n) is 4.31. The number of hydrogen-bond donors (Lipinski definition) is 1. The van der Waals surface area contributed by atoms with Gasteiger partial charge in [-0.1, -0.05) is 6.07 Å². The minimum absolute atomic E-state index is 0.283. The first-order valence-corrected chi connectivity index (χ1v) is 5.39. The number of hydrogen-bond acceptors (Lipinski definition) is 1. The normalized spacial score (nSPS) is 22.0. The molecular formula is C10H12IN. The molecule has 1 aromatic rings. The van der Waals surface area contributed by atoms with Crippen molar-refractivity contribution >= 4 is 22.6 Å². The van der Waals surface area contributed by atoms with E-state index in [1.807, 2.05) is 0 Å². The first kappa shape index (κ1) is 8.51. The zero-order valence-corrected chi connectivity index (χ0v) is 9.04. The van der Waals surface area contributed by atoms with Crippen LogP contribution in [-0.2, 0) is 6.42 Å². The average Bonchev–Trinajstić information content (AvgIpc) is 2.04. The minimum Gasteiger partial charge on any atom is -0.324 e. The maximum atomic E-state index is 5.99. The van der Waals surface area contributed by atoms with Gasteiger partial charge in [0, 0.05) is 9.61 Å². The number of fused-ring (bicyclic) bond motifs is 1.